The molecule has 0 radical (unpaired) electrons. The molecule has 3 rings (SSSR count). The summed E-state index contributed by atoms with van der Waals surface area (Å²) in [4.78, 5) is 12.5. The maximum absolute atomic E-state index is 13.0. The lowest BCUT2D eigenvalue weighted by molar-refractivity contribution is 0.102. The molecule has 0 spiro atoms. The number of rotatable bonds is 7. The molecule has 0 aromatic heterocycles. The number of carbonyl (C=O) groups excluding carboxylic acids is 1. The van der Waals surface area contributed by atoms with Crippen LogP contribution in [0.2, 0.25) is 5.02 Å². The van der Waals surface area contributed by atoms with Gasteiger partial charge in [-0.05, 0) is 68.3 Å². The van der Waals surface area contributed by atoms with E-state index in [9.17, 15) is 13.2 Å². The van der Waals surface area contributed by atoms with Crippen molar-refractivity contribution in [2.24, 2.45) is 0 Å². The van der Waals surface area contributed by atoms with Gasteiger partial charge in [0.05, 0.1) is 17.3 Å². The summed E-state index contributed by atoms with van der Waals surface area (Å²) in [5, 5.41) is 2.77. The van der Waals surface area contributed by atoms with Gasteiger partial charge in [0.2, 0.25) is 0 Å². The summed E-state index contributed by atoms with van der Waals surface area (Å²) in [6, 6.07) is 16.5. The minimum absolute atomic E-state index is 0.0210. The van der Waals surface area contributed by atoms with E-state index in [2.05, 4.69) is 10.0 Å². The molecular weight excluding hydrogens is 436 g/mol. The van der Waals surface area contributed by atoms with Crippen LogP contribution in [0.4, 0.5) is 11.4 Å². The number of aryl methyl sites for hydroxylation is 2. The molecule has 0 heterocycles. The molecule has 3 aromatic rings. The number of hydrogen-bond donors (Lipinski definition) is 2. The van der Waals surface area contributed by atoms with Crippen molar-refractivity contribution < 1.29 is 17.9 Å². The Morgan fingerprint density at radius 3 is 2.55 bits per heavy atom. The number of sulfonamides is 1. The lowest BCUT2D eigenvalue weighted by Crippen LogP contribution is -2.17. The second-order valence-electron chi connectivity index (χ2n) is 6.98. The fourth-order valence-electron chi connectivity index (χ4n) is 2.93. The van der Waals surface area contributed by atoms with Crippen LogP contribution in [-0.2, 0) is 10.0 Å². The van der Waals surface area contributed by atoms with Crippen molar-refractivity contribution in [3.8, 4) is 5.75 Å². The molecular formula is C23H23ClN2O4S. The van der Waals surface area contributed by atoms with Crippen LogP contribution in [-0.4, -0.2) is 20.9 Å². The van der Waals surface area contributed by atoms with E-state index < -0.39 is 15.9 Å². The largest absolute Gasteiger partial charge is 0.494 e. The number of halogens is 1. The average Bonchev–Trinajstić information content (AvgIpc) is 2.71. The van der Waals surface area contributed by atoms with E-state index in [1.807, 2.05) is 26.0 Å². The van der Waals surface area contributed by atoms with Gasteiger partial charge in [-0.1, -0.05) is 29.8 Å². The number of carbonyl (C=O) groups is 1. The molecule has 0 saturated carbocycles. The van der Waals surface area contributed by atoms with Gasteiger partial charge in [-0.15, -0.1) is 0 Å². The lowest BCUT2D eigenvalue weighted by atomic mass is 10.1. The summed E-state index contributed by atoms with van der Waals surface area (Å²) in [7, 11) is -4.01. The Morgan fingerprint density at radius 2 is 1.81 bits per heavy atom. The molecule has 2 N–H and O–H groups in total. The first-order chi connectivity index (χ1) is 14.7. The Hall–Kier alpha value is -3.03. The van der Waals surface area contributed by atoms with Crippen LogP contribution in [0, 0.1) is 13.8 Å². The van der Waals surface area contributed by atoms with Crippen LogP contribution < -0.4 is 14.8 Å². The molecule has 3 aromatic carbocycles. The van der Waals surface area contributed by atoms with E-state index in [0.29, 0.717) is 23.7 Å². The minimum atomic E-state index is -4.01. The predicted molar refractivity (Wildman–Crippen MR) is 124 cm³/mol. The molecule has 31 heavy (non-hydrogen) atoms. The van der Waals surface area contributed by atoms with E-state index in [1.165, 1.54) is 18.2 Å². The summed E-state index contributed by atoms with van der Waals surface area (Å²) in [6.07, 6.45) is 0. The summed E-state index contributed by atoms with van der Waals surface area (Å²) < 4.78 is 34.0. The molecule has 0 unspecified atom stereocenters. The molecule has 0 aliphatic rings. The van der Waals surface area contributed by atoms with E-state index in [-0.39, 0.29) is 15.5 Å². The van der Waals surface area contributed by atoms with Gasteiger partial charge in [-0.25, -0.2) is 8.42 Å². The highest BCUT2D eigenvalue weighted by molar-refractivity contribution is 7.92. The zero-order valence-corrected chi connectivity index (χ0v) is 19.0. The number of nitrogens with one attached hydrogen (secondary N) is 2. The first-order valence-electron chi connectivity index (χ1n) is 9.63. The standard InChI is InChI=1S/C23H23ClN2O4S/c1-4-30-19-7-5-6-18(14-19)25-23(27)17-10-11-20(24)22(13-17)31(28,29)26-21-12-15(2)8-9-16(21)3/h5-14,26H,4H2,1-3H3,(H,25,27). The molecule has 0 fully saturated rings. The molecule has 0 aliphatic heterocycles. The van der Waals surface area contributed by atoms with Crippen molar-refractivity contribution in [1.29, 1.82) is 0 Å². The Kier molecular flexibility index (Phi) is 6.87. The van der Waals surface area contributed by atoms with Gasteiger partial charge in [0.15, 0.2) is 0 Å². The van der Waals surface area contributed by atoms with Crippen molar-refractivity contribution in [3.05, 3.63) is 82.4 Å². The Bertz CT molecular complexity index is 1230. The highest BCUT2D eigenvalue weighted by Gasteiger charge is 2.21. The Labute approximate surface area is 187 Å². The first kappa shape index (κ1) is 22.7. The highest BCUT2D eigenvalue weighted by Crippen LogP contribution is 2.27. The fraction of sp³-hybridized carbons (Fsp3) is 0.174. The van der Waals surface area contributed by atoms with Crippen LogP contribution in [0.1, 0.15) is 28.4 Å². The van der Waals surface area contributed by atoms with E-state index in [1.54, 1.807) is 37.3 Å². The van der Waals surface area contributed by atoms with Gasteiger partial charge in [0, 0.05) is 17.3 Å². The number of anilines is 2. The second kappa shape index (κ2) is 9.41. The first-order valence-corrected chi connectivity index (χ1v) is 11.5. The van der Waals surface area contributed by atoms with Crippen LogP contribution in [0.15, 0.2) is 65.6 Å². The molecule has 6 nitrogen and oxygen atoms in total. The second-order valence-corrected chi connectivity index (χ2v) is 9.04. The maximum atomic E-state index is 13.0. The van der Waals surface area contributed by atoms with Gasteiger partial charge >= 0.3 is 0 Å². The quantitative estimate of drug-likeness (QED) is 0.495. The van der Waals surface area contributed by atoms with E-state index in [4.69, 9.17) is 16.3 Å². The van der Waals surface area contributed by atoms with Crippen LogP contribution in [0.3, 0.4) is 0 Å². The number of hydrogen-bond acceptors (Lipinski definition) is 4. The van der Waals surface area contributed by atoms with Crippen molar-refractivity contribution in [2.75, 3.05) is 16.6 Å². The van der Waals surface area contributed by atoms with Crippen molar-refractivity contribution >= 4 is 38.9 Å². The average molecular weight is 459 g/mol. The maximum Gasteiger partial charge on any atom is 0.263 e. The third-order valence-electron chi connectivity index (χ3n) is 4.52. The summed E-state index contributed by atoms with van der Waals surface area (Å²) in [6.45, 7) is 6.05. The van der Waals surface area contributed by atoms with Crippen molar-refractivity contribution in [3.63, 3.8) is 0 Å². The van der Waals surface area contributed by atoms with Crippen molar-refractivity contribution in [1.82, 2.24) is 0 Å². The molecule has 1 amide bonds. The van der Waals surface area contributed by atoms with E-state index >= 15 is 0 Å². The fourth-order valence-corrected chi connectivity index (χ4v) is 4.58. The molecule has 0 atom stereocenters. The number of benzene rings is 3. The van der Waals surface area contributed by atoms with Gasteiger partial charge in [-0.3, -0.25) is 9.52 Å². The summed E-state index contributed by atoms with van der Waals surface area (Å²) >= 11 is 6.17. The van der Waals surface area contributed by atoms with Gasteiger partial charge in [-0.2, -0.15) is 0 Å². The zero-order chi connectivity index (χ0) is 22.6. The third kappa shape index (κ3) is 5.57. The van der Waals surface area contributed by atoms with Crippen LogP contribution in [0.5, 0.6) is 5.75 Å². The molecule has 0 saturated heterocycles. The van der Waals surface area contributed by atoms with Gasteiger partial charge in [0.1, 0.15) is 10.6 Å². The normalized spacial score (nSPS) is 11.1. The SMILES string of the molecule is CCOc1cccc(NC(=O)c2ccc(Cl)c(S(=O)(=O)Nc3cc(C)ccc3C)c2)c1. The minimum Gasteiger partial charge on any atom is -0.494 e. The summed E-state index contributed by atoms with van der Waals surface area (Å²) in [5.41, 5.74) is 2.83. The zero-order valence-electron chi connectivity index (χ0n) is 17.4. The molecule has 0 bridgehead atoms. The Morgan fingerprint density at radius 1 is 1.03 bits per heavy atom. The lowest BCUT2D eigenvalue weighted by Gasteiger charge is -2.14. The topological polar surface area (TPSA) is 84.5 Å². The van der Waals surface area contributed by atoms with E-state index in [0.717, 1.165) is 11.1 Å². The van der Waals surface area contributed by atoms with Gasteiger partial charge < -0.3 is 10.1 Å². The monoisotopic (exact) mass is 458 g/mol. The summed E-state index contributed by atoms with van der Waals surface area (Å²) in [5.74, 6) is 0.158. The third-order valence-corrected chi connectivity index (χ3v) is 6.37. The van der Waals surface area contributed by atoms with Crippen molar-refractivity contribution in [2.45, 2.75) is 25.7 Å². The smallest absolute Gasteiger partial charge is 0.263 e. The molecule has 0 aliphatic carbocycles. The van der Waals surface area contributed by atoms with Crippen LogP contribution in [0.25, 0.3) is 0 Å². The van der Waals surface area contributed by atoms with Crippen LogP contribution >= 0.6 is 11.6 Å². The highest BCUT2D eigenvalue weighted by atomic mass is 35.5. The Balaban J connectivity index is 1.87. The predicted octanol–water partition coefficient (Wildman–Crippen LogP) is 5.41. The van der Waals surface area contributed by atoms with Gasteiger partial charge in [0.25, 0.3) is 15.9 Å². The molecule has 8 heteroatoms. The number of amides is 1. The molecule has 162 valence electrons. The number of ether oxygens (including phenoxy) is 1.